The fourth-order valence-electron chi connectivity index (χ4n) is 0.951. The van der Waals surface area contributed by atoms with Crippen molar-refractivity contribution in [2.45, 2.75) is 0 Å². The molecule has 1 aromatic rings. The molecule has 0 fully saturated rings. The van der Waals surface area contributed by atoms with Crippen molar-refractivity contribution in [3.63, 3.8) is 0 Å². The number of urea groups is 1. The van der Waals surface area contributed by atoms with Crippen LogP contribution in [0.2, 0.25) is 0 Å². The predicted molar refractivity (Wildman–Crippen MR) is 46.2 cm³/mol. The summed E-state index contributed by atoms with van der Waals surface area (Å²) >= 11 is 0. The number of amides is 2. The van der Waals surface area contributed by atoms with Crippen molar-refractivity contribution in [3.8, 4) is 0 Å². The van der Waals surface area contributed by atoms with E-state index in [2.05, 4.69) is 5.73 Å². The monoisotopic (exact) mass is 217 g/mol. The first-order valence-electron chi connectivity index (χ1n) is 3.61. The molecule has 0 heterocycles. The van der Waals surface area contributed by atoms with Gasteiger partial charge < -0.3 is 5.73 Å². The van der Waals surface area contributed by atoms with Crippen molar-refractivity contribution in [1.29, 1.82) is 0 Å². The molecule has 0 aliphatic heterocycles. The molecule has 8 heteroatoms. The Bertz CT molecular complexity index is 436. The van der Waals surface area contributed by atoms with E-state index in [1.54, 1.807) is 5.32 Å². The van der Waals surface area contributed by atoms with E-state index in [1.165, 1.54) is 0 Å². The molecule has 1 rings (SSSR count). The van der Waals surface area contributed by atoms with Gasteiger partial charge in [-0.25, -0.2) is 13.6 Å². The lowest BCUT2D eigenvalue weighted by Crippen LogP contribution is -2.21. The Morgan fingerprint density at radius 2 is 2.07 bits per heavy atom. The molecule has 0 saturated heterocycles. The summed E-state index contributed by atoms with van der Waals surface area (Å²) in [5, 5.41) is 12.1. The Hall–Kier alpha value is -2.25. The zero-order valence-corrected chi connectivity index (χ0v) is 7.16. The van der Waals surface area contributed by atoms with Crippen LogP contribution in [-0.2, 0) is 0 Å². The summed E-state index contributed by atoms with van der Waals surface area (Å²) < 4.78 is 25.6. The molecule has 0 aliphatic carbocycles. The number of nitrogens with one attached hydrogen (secondary N) is 1. The van der Waals surface area contributed by atoms with Crippen molar-refractivity contribution in [2.75, 3.05) is 5.32 Å². The number of nitro benzene ring substituents is 1. The van der Waals surface area contributed by atoms with Gasteiger partial charge in [-0.3, -0.25) is 15.4 Å². The smallest absolute Gasteiger partial charge is 0.316 e. The number of hydrogen-bond acceptors (Lipinski definition) is 3. The van der Waals surface area contributed by atoms with Crippen LogP contribution in [0.15, 0.2) is 12.1 Å². The molecular weight excluding hydrogens is 212 g/mol. The SMILES string of the molecule is NC(=O)Nc1c(F)cc(F)cc1[N+](=O)[O-]. The van der Waals surface area contributed by atoms with E-state index < -0.39 is 34.0 Å². The molecule has 0 bridgehead atoms. The van der Waals surface area contributed by atoms with Gasteiger partial charge in [0.25, 0.3) is 5.69 Å². The molecule has 0 saturated carbocycles. The van der Waals surface area contributed by atoms with Crippen LogP contribution in [0, 0.1) is 21.7 Å². The Balaban J connectivity index is 3.33. The van der Waals surface area contributed by atoms with Crippen molar-refractivity contribution < 1.29 is 18.5 Å². The van der Waals surface area contributed by atoms with Gasteiger partial charge in [0.15, 0.2) is 11.5 Å². The average molecular weight is 217 g/mol. The fourth-order valence-corrected chi connectivity index (χ4v) is 0.951. The van der Waals surface area contributed by atoms with E-state index in [9.17, 15) is 23.7 Å². The largest absolute Gasteiger partial charge is 0.351 e. The summed E-state index contributed by atoms with van der Waals surface area (Å²) in [4.78, 5) is 19.8. The minimum atomic E-state index is -1.26. The van der Waals surface area contributed by atoms with Gasteiger partial charge in [-0.2, -0.15) is 0 Å². The lowest BCUT2D eigenvalue weighted by molar-refractivity contribution is -0.384. The van der Waals surface area contributed by atoms with Gasteiger partial charge in [0.05, 0.1) is 11.0 Å². The highest BCUT2D eigenvalue weighted by molar-refractivity contribution is 5.90. The highest BCUT2D eigenvalue weighted by atomic mass is 19.1. The fraction of sp³-hybridized carbons (Fsp3) is 0. The maximum atomic E-state index is 13.0. The molecule has 80 valence electrons. The molecule has 15 heavy (non-hydrogen) atoms. The van der Waals surface area contributed by atoms with E-state index in [-0.39, 0.29) is 0 Å². The van der Waals surface area contributed by atoms with Crippen LogP contribution >= 0.6 is 0 Å². The van der Waals surface area contributed by atoms with E-state index in [1.807, 2.05) is 0 Å². The number of nitro groups is 1. The van der Waals surface area contributed by atoms with Crippen molar-refractivity contribution >= 4 is 17.4 Å². The topological polar surface area (TPSA) is 98.3 Å². The second-order valence-corrected chi connectivity index (χ2v) is 2.53. The third kappa shape index (κ3) is 2.36. The zero-order valence-electron chi connectivity index (χ0n) is 7.16. The summed E-state index contributed by atoms with van der Waals surface area (Å²) in [5.41, 5.74) is 3.01. The summed E-state index contributed by atoms with van der Waals surface area (Å²) in [6, 6.07) is -0.296. The van der Waals surface area contributed by atoms with Crippen LogP contribution in [0.3, 0.4) is 0 Å². The van der Waals surface area contributed by atoms with Crippen molar-refractivity contribution in [3.05, 3.63) is 33.9 Å². The molecule has 2 amide bonds. The first-order valence-corrected chi connectivity index (χ1v) is 3.61. The van der Waals surface area contributed by atoms with Gasteiger partial charge in [0, 0.05) is 6.07 Å². The number of primary amides is 1. The number of carbonyl (C=O) groups is 1. The summed E-state index contributed by atoms with van der Waals surface area (Å²) in [6.45, 7) is 0. The van der Waals surface area contributed by atoms with Gasteiger partial charge in [0.2, 0.25) is 0 Å². The van der Waals surface area contributed by atoms with Crippen LogP contribution in [0.4, 0.5) is 25.0 Å². The molecule has 0 spiro atoms. The molecule has 0 aliphatic rings. The molecular formula is C7H5F2N3O3. The minimum Gasteiger partial charge on any atom is -0.351 e. The highest BCUT2D eigenvalue weighted by Gasteiger charge is 2.21. The number of carbonyl (C=O) groups excluding carboxylic acids is 1. The number of halogens is 2. The van der Waals surface area contributed by atoms with E-state index >= 15 is 0 Å². The minimum absolute atomic E-state index is 0.401. The second-order valence-electron chi connectivity index (χ2n) is 2.53. The van der Waals surface area contributed by atoms with Crippen LogP contribution < -0.4 is 11.1 Å². The molecule has 0 radical (unpaired) electrons. The maximum Gasteiger partial charge on any atom is 0.316 e. The maximum absolute atomic E-state index is 13.0. The number of benzene rings is 1. The first-order chi connectivity index (χ1) is 6.91. The Labute approximate surface area is 81.8 Å². The lowest BCUT2D eigenvalue weighted by atomic mass is 10.2. The van der Waals surface area contributed by atoms with E-state index in [0.717, 1.165) is 0 Å². The standard InChI is InChI=1S/C7H5F2N3O3/c8-3-1-4(9)6(11-7(10)13)5(2-3)12(14)15/h1-2H,(H3,10,11,13). The first kappa shape index (κ1) is 10.8. The van der Waals surface area contributed by atoms with Gasteiger partial charge in [0.1, 0.15) is 5.82 Å². The number of nitrogens with two attached hydrogens (primary N) is 1. The third-order valence-corrected chi connectivity index (χ3v) is 1.48. The normalized spacial score (nSPS) is 9.73. The van der Waals surface area contributed by atoms with Gasteiger partial charge >= 0.3 is 6.03 Å². The summed E-state index contributed by atoms with van der Waals surface area (Å²) in [6.07, 6.45) is 0. The predicted octanol–water partition coefficient (Wildman–Crippen LogP) is 1.36. The van der Waals surface area contributed by atoms with Crippen molar-refractivity contribution in [1.82, 2.24) is 0 Å². The number of anilines is 1. The van der Waals surface area contributed by atoms with Gasteiger partial charge in [-0.15, -0.1) is 0 Å². The molecule has 3 N–H and O–H groups in total. The van der Waals surface area contributed by atoms with Gasteiger partial charge in [-0.1, -0.05) is 0 Å². The van der Waals surface area contributed by atoms with E-state index in [0.29, 0.717) is 12.1 Å². The second kappa shape index (κ2) is 3.86. The number of hydrogen-bond donors (Lipinski definition) is 2. The number of rotatable bonds is 2. The van der Waals surface area contributed by atoms with Gasteiger partial charge in [-0.05, 0) is 0 Å². The average Bonchev–Trinajstić information content (AvgIpc) is 2.08. The quantitative estimate of drug-likeness (QED) is 0.577. The van der Waals surface area contributed by atoms with Crippen molar-refractivity contribution in [2.24, 2.45) is 5.73 Å². The molecule has 1 aromatic carbocycles. The molecule has 0 aromatic heterocycles. The Kier molecular flexibility index (Phi) is 2.79. The Morgan fingerprint density at radius 3 is 2.53 bits per heavy atom. The third-order valence-electron chi connectivity index (χ3n) is 1.48. The van der Waals surface area contributed by atoms with Crippen LogP contribution in [0.1, 0.15) is 0 Å². The van der Waals surface area contributed by atoms with Crippen LogP contribution in [0.25, 0.3) is 0 Å². The van der Waals surface area contributed by atoms with Crippen LogP contribution in [0.5, 0.6) is 0 Å². The van der Waals surface area contributed by atoms with Crippen LogP contribution in [-0.4, -0.2) is 11.0 Å². The highest BCUT2D eigenvalue weighted by Crippen LogP contribution is 2.28. The molecule has 0 unspecified atom stereocenters. The zero-order chi connectivity index (χ0) is 11.6. The summed E-state index contributed by atoms with van der Waals surface area (Å²) in [5.74, 6) is -2.38. The Morgan fingerprint density at radius 1 is 1.47 bits per heavy atom. The molecule has 6 nitrogen and oxygen atoms in total. The summed E-state index contributed by atoms with van der Waals surface area (Å²) in [7, 11) is 0. The molecule has 0 atom stereocenters. The van der Waals surface area contributed by atoms with E-state index in [4.69, 9.17) is 0 Å². The lowest BCUT2D eigenvalue weighted by Gasteiger charge is -2.04. The number of nitrogens with zero attached hydrogens (tertiary/aromatic N) is 1.